The van der Waals surface area contributed by atoms with E-state index in [1.165, 1.54) is 0 Å². The summed E-state index contributed by atoms with van der Waals surface area (Å²) in [6, 6.07) is 0. The van der Waals surface area contributed by atoms with Crippen LogP contribution in [0.4, 0.5) is 8.78 Å². The number of aliphatic hydroxyl groups is 2. The third-order valence-corrected chi connectivity index (χ3v) is 7.64. The van der Waals surface area contributed by atoms with Gasteiger partial charge in [-0.3, -0.25) is 4.55 Å². The number of alkyl halides is 2. The third kappa shape index (κ3) is 3.67. The van der Waals surface area contributed by atoms with E-state index in [1.54, 1.807) is 0 Å². The predicted molar refractivity (Wildman–Crippen MR) is 90.6 cm³/mol. The van der Waals surface area contributed by atoms with Crippen LogP contribution in [0, 0.1) is 23.2 Å². The number of esters is 1. The molecule has 8 nitrogen and oxygen atoms in total. The van der Waals surface area contributed by atoms with E-state index in [2.05, 4.69) is 4.74 Å². The highest BCUT2D eigenvalue weighted by molar-refractivity contribution is 7.86. The molecule has 3 N–H and O–H groups in total. The lowest BCUT2D eigenvalue weighted by Crippen LogP contribution is -2.61. The highest BCUT2D eigenvalue weighted by Crippen LogP contribution is 2.64. The van der Waals surface area contributed by atoms with Crippen LogP contribution in [0.15, 0.2) is 0 Å². The summed E-state index contributed by atoms with van der Waals surface area (Å²) in [4.78, 5) is 11.7. The molecule has 4 rings (SSSR count). The highest BCUT2D eigenvalue weighted by atomic mass is 32.2. The molecule has 4 saturated carbocycles. The van der Waals surface area contributed by atoms with Crippen LogP contribution in [0.25, 0.3) is 0 Å². The molecular formula is C17H26F2O8S. The van der Waals surface area contributed by atoms with Gasteiger partial charge in [0.15, 0.2) is 0 Å². The number of hydrogen-bond donors (Lipinski definition) is 3. The molecule has 4 bridgehead atoms. The maximum absolute atomic E-state index is 13.2. The van der Waals surface area contributed by atoms with Gasteiger partial charge in [-0.1, -0.05) is 0 Å². The second-order valence-electron chi connectivity index (χ2n) is 8.96. The van der Waals surface area contributed by atoms with Crippen molar-refractivity contribution < 1.29 is 46.2 Å². The summed E-state index contributed by atoms with van der Waals surface area (Å²) in [5.74, 6) is -0.642. The molecule has 4 aliphatic carbocycles. The molecule has 4 fully saturated rings. The van der Waals surface area contributed by atoms with Crippen LogP contribution in [-0.4, -0.2) is 59.0 Å². The van der Waals surface area contributed by atoms with Crippen LogP contribution in [0.5, 0.6) is 0 Å². The first-order valence-electron chi connectivity index (χ1n) is 9.23. The van der Waals surface area contributed by atoms with E-state index >= 15 is 0 Å². The van der Waals surface area contributed by atoms with Crippen LogP contribution in [0.1, 0.15) is 46.0 Å². The normalized spacial score (nSPS) is 36.4. The van der Waals surface area contributed by atoms with Crippen LogP contribution in [-0.2, 0) is 24.4 Å². The fourth-order valence-corrected chi connectivity index (χ4v) is 5.82. The van der Waals surface area contributed by atoms with Crippen molar-refractivity contribution in [3.63, 3.8) is 0 Å². The molecule has 4 aliphatic rings. The minimum Gasteiger partial charge on any atom is -0.426 e. The minimum absolute atomic E-state index is 0.120. The largest absolute Gasteiger partial charge is 0.430 e. The van der Waals surface area contributed by atoms with E-state index in [0.717, 1.165) is 32.1 Å². The van der Waals surface area contributed by atoms with Gasteiger partial charge in [-0.15, -0.1) is 0 Å². The highest BCUT2D eigenvalue weighted by Gasteiger charge is 2.60. The summed E-state index contributed by atoms with van der Waals surface area (Å²) in [6.07, 6.45) is 0.609. The average molecular weight is 428 g/mol. The van der Waals surface area contributed by atoms with Crippen LogP contribution >= 0.6 is 0 Å². The first kappa shape index (κ1) is 21.8. The quantitative estimate of drug-likeness (QED) is 0.314. The van der Waals surface area contributed by atoms with E-state index in [0.29, 0.717) is 5.92 Å². The van der Waals surface area contributed by atoms with Crippen LogP contribution < -0.4 is 0 Å². The monoisotopic (exact) mass is 428 g/mol. The van der Waals surface area contributed by atoms with Gasteiger partial charge in [0.1, 0.15) is 6.61 Å². The van der Waals surface area contributed by atoms with E-state index in [9.17, 15) is 27.1 Å². The molecule has 0 aliphatic heterocycles. The lowest BCUT2D eigenvalue weighted by molar-refractivity contribution is -0.226. The molecule has 0 aromatic rings. The van der Waals surface area contributed by atoms with Crippen molar-refractivity contribution in [1.82, 2.24) is 0 Å². The summed E-state index contributed by atoms with van der Waals surface area (Å²) in [6.45, 7) is 2.89. The molecule has 0 aromatic carbocycles. The molecule has 0 radical (unpaired) electrons. The second kappa shape index (κ2) is 6.83. The molecule has 0 heterocycles. The molecule has 0 amide bonds. The molecule has 3 atom stereocenters. The Morgan fingerprint density at radius 3 is 2.21 bits per heavy atom. The number of aliphatic hydroxyl groups excluding tert-OH is 1. The summed E-state index contributed by atoms with van der Waals surface area (Å²) >= 11 is 0. The summed E-state index contributed by atoms with van der Waals surface area (Å²) < 4.78 is 65.6. The van der Waals surface area contributed by atoms with Gasteiger partial charge >= 0.3 is 21.3 Å². The fourth-order valence-electron chi connectivity index (χ4n) is 5.52. The van der Waals surface area contributed by atoms with Gasteiger partial charge in [-0.2, -0.15) is 17.2 Å². The smallest absolute Gasteiger partial charge is 0.426 e. The van der Waals surface area contributed by atoms with Crippen molar-refractivity contribution in [3.05, 3.63) is 0 Å². The second-order valence-corrected chi connectivity index (χ2v) is 10.5. The van der Waals surface area contributed by atoms with E-state index in [1.807, 2.05) is 13.8 Å². The van der Waals surface area contributed by atoms with E-state index in [-0.39, 0.29) is 23.4 Å². The minimum atomic E-state index is -5.94. The van der Waals surface area contributed by atoms with Gasteiger partial charge in [-0.05, 0) is 69.1 Å². The predicted octanol–water partition coefficient (Wildman–Crippen LogP) is 1.31. The number of hydrogen-bond acceptors (Lipinski definition) is 7. The Labute approximate surface area is 161 Å². The van der Waals surface area contributed by atoms with Crippen molar-refractivity contribution in [2.75, 3.05) is 6.61 Å². The van der Waals surface area contributed by atoms with Gasteiger partial charge in [0.25, 0.3) is 6.29 Å². The summed E-state index contributed by atoms with van der Waals surface area (Å²) in [7, 11) is -5.94. The van der Waals surface area contributed by atoms with Crippen molar-refractivity contribution >= 4 is 16.1 Å². The van der Waals surface area contributed by atoms with Crippen molar-refractivity contribution in [1.29, 1.82) is 0 Å². The molecule has 162 valence electrons. The topological polar surface area (TPSA) is 130 Å². The molecule has 0 aromatic heterocycles. The SMILES string of the molecule is CC(C)(O)C12CC3CC(C1)C(OCC(=O)OC(O)C(F)(F)S(=O)(=O)O)C(C3)C2. The average Bonchev–Trinajstić information content (AvgIpc) is 2.51. The maximum Gasteiger partial charge on any atom is 0.430 e. The Bertz CT molecular complexity index is 716. The Hall–Kier alpha value is -0.880. The molecule has 3 unspecified atom stereocenters. The zero-order valence-electron chi connectivity index (χ0n) is 15.7. The van der Waals surface area contributed by atoms with E-state index in [4.69, 9.17) is 14.4 Å². The van der Waals surface area contributed by atoms with Gasteiger partial charge in [0, 0.05) is 0 Å². The number of carbonyl (C=O) groups is 1. The maximum atomic E-state index is 13.2. The number of rotatable bonds is 7. The zero-order valence-corrected chi connectivity index (χ0v) is 16.5. The van der Waals surface area contributed by atoms with E-state index < -0.39 is 39.8 Å². The molecule has 28 heavy (non-hydrogen) atoms. The fraction of sp³-hybridized carbons (Fsp3) is 0.941. The van der Waals surface area contributed by atoms with Crippen molar-refractivity contribution in [2.45, 2.75) is 69.2 Å². The Morgan fingerprint density at radius 1 is 1.21 bits per heavy atom. The van der Waals surface area contributed by atoms with Crippen molar-refractivity contribution in [2.24, 2.45) is 23.2 Å². The van der Waals surface area contributed by atoms with Crippen molar-refractivity contribution in [3.8, 4) is 0 Å². The first-order valence-corrected chi connectivity index (χ1v) is 10.7. The van der Waals surface area contributed by atoms with Gasteiger partial charge in [-0.25, -0.2) is 4.79 Å². The number of carbonyl (C=O) groups excluding carboxylic acids is 1. The molecule has 0 spiro atoms. The lowest BCUT2D eigenvalue weighted by atomic mass is 9.45. The number of halogens is 2. The summed E-state index contributed by atoms with van der Waals surface area (Å²) in [5.41, 5.74) is -1.03. The van der Waals surface area contributed by atoms with Crippen LogP contribution in [0.2, 0.25) is 0 Å². The molecule has 0 saturated heterocycles. The zero-order chi connectivity index (χ0) is 21.1. The Kier molecular flexibility index (Phi) is 5.32. The Balaban J connectivity index is 1.59. The first-order chi connectivity index (χ1) is 12.7. The lowest BCUT2D eigenvalue weighted by Gasteiger charge is -2.63. The standard InChI is InChI=1S/C17H26F2O8S/c1-15(2,22)16-5-9-3-10(6-16)13(11(4-9)7-16)26-8-12(20)27-14(21)17(18,19)28(23,24)25/h9-11,13-14,21-22H,3-8H2,1-2H3,(H,23,24,25). The third-order valence-electron chi connectivity index (χ3n) is 6.75. The van der Waals surface area contributed by atoms with Gasteiger partial charge in [0.05, 0.1) is 11.7 Å². The number of ether oxygens (including phenoxy) is 2. The molecular weight excluding hydrogens is 402 g/mol. The van der Waals surface area contributed by atoms with Gasteiger partial charge < -0.3 is 19.7 Å². The summed E-state index contributed by atoms with van der Waals surface area (Å²) in [5, 5.41) is 14.7. The van der Waals surface area contributed by atoms with Gasteiger partial charge in [0.2, 0.25) is 0 Å². The molecule has 11 heteroatoms. The Morgan fingerprint density at radius 2 is 1.75 bits per heavy atom. The van der Waals surface area contributed by atoms with Crippen LogP contribution in [0.3, 0.4) is 0 Å².